The van der Waals surface area contributed by atoms with Gasteiger partial charge in [-0.15, -0.1) is 11.8 Å². The second-order valence-electron chi connectivity index (χ2n) is 6.14. The largest absolute Gasteiger partial charge is 0.497 e. The van der Waals surface area contributed by atoms with Gasteiger partial charge in [-0.1, -0.05) is 12.1 Å². The number of ether oxygens (including phenoxy) is 2. The van der Waals surface area contributed by atoms with E-state index in [4.69, 9.17) is 21.7 Å². The lowest BCUT2D eigenvalue weighted by Gasteiger charge is -2.38. The lowest BCUT2D eigenvalue weighted by molar-refractivity contribution is 0.389. The Morgan fingerprint density at radius 2 is 1.78 bits per heavy atom. The molecule has 0 amide bonds. The van der Waals surface area contributed by atoms with Gasteiger partial charge in [-0.3, -0.25) is 0 Å². The first kappa shape index (κ1) is 19.6. The van der Waals surface area contributed by atoms with Gasteiger partial charge in [0, 0.05) is 37.1 Å². The van der Waals surface area contributed by atoms with Gasteiger partial charge in [-0.2, -0.15) is 0 Å². The Bertz CT molecular complexity index is 793. The molecule has 0 unspecified atom stereocenters. The lowest BCUT2D eigenvalue weighted by Crippen LogP contribution is -2.50. The molecule has 1 aliphatic heterocycles. The third kappa shape index (κ3) is 4.59. The van der Waals surface area contributed by atoms with Crippen LogP contribution in [0.4, 0.5) is 11.4 Å². The van der Waals surface area contributed by atoms with Crippen molar-refractivity contribution in [1.29, 1.82) is 0 Å². The number of benzene rings is 2. The van der Waals surface area contributed by atoms with E-state index >= 15 is 0 Å². The van der Waals surface area contributed by atoms with E-state index < -0.39 is 0 Å². The van der Waals surface area contributed by atoms with Gasteiger partial charge in [-0.05, 0) is 42.7 Å². The highest BCUT2D eigenvalue weighted by atomic mass is 32.2. The fourth-order valence-corrected chi connectivity index (χ4v) is 4.06. The predicted octanol–water partition coefficient (Wildman–Crippen LogP) is 3.94. The van der Waals surface area contributed by atoms with Gasteiger partial charge in [0.1, 0.15) is 11.5 Å². The number of thioether (sulfide) groups is 1. The Kier molecular flexibility index (Phi) is 6.68. The second-order valence-corrected chi connectivity index (χ2v) is 7.38. The number of nitrogens with one attached hydrogen (secondary N) is 1. The second kappa shape index (κ2) is 9.19. The predicted molar refractivity (Wildman–Crippen MR) is 118 cm³/mol. The molecule has 2 aromatic carbocycles. The average Bonchev–Trinajstić information content (AvgIpc) is 2.73. The van der Waals surface area contributed by atoms with Crippen molar-refractivity contribution in [2.24, 2.45) is 0 Å². The number of hydrogen-bond acceptors (Lipinski definition) is 5. The number of para-hydroxylation sites is 1. The quantitative estimate of drug-likeness (QED) is 0.598. The molecule has 27 heavy (non-hydrogen) atoms. The SMILES string of the molecule is COc1ccc(OC)c(NC(=S)N2CCN(c3ccccc3SC)CC2)c1. The van der Waals surface area contributed by atoms with Crippen molar-refractivity contribution in [3.05, 3.63) is 42.5 Å². The molecule has 5 nitrogen and oxygen atoms in total. The molecule has 2 aromatic rings. The third-order valence-corrected chi connectivity index (χ3v) is 5.79. The Morgan fingerprint density at radius 1 is 1.04 bits per heavy atom. The molecule has 1 heterocycles. The Hall–Kier alpha value is -2.12. The Balaban J connectivity index is 1.64. The first-order valence-corrected chi connectivity index (χ1v) is 10.5. The number of nitrogens with zero attached hydrogens (tertiary/aromatic N) is 2. The first-order chi connectivity index (χ1) is 13.2. The summed E-state index contributed by atoms with van der Waals surface area (Å²) >= 11 is 7.43. The van der Waals surface area contributed by atoms with E-state index in [9.17, 15) is 0 Å². The third-order valence-electron chi connectivity index (χ3n) is 4.64. The van der Waals surface area contributed by atoms with Crippen LogP contribution in [-0.4, -0.2) is 56.7 Å². The van der Waals surface area contributed by atoms with Crippen LogP contribution in [0.3, 0.4) is 0 Å². The highest BCUT2D eigenvalue weighted by molar-refractivity contribution is 7.98. The van der Waals surface area contributed by atoms with Crippen molar-refractivity contribution in [1.82, 2.24) is 4.90 Å². The minimum absolute atomic E-state index is 0.708. The summed E-state index contributed by atoms with van der Waals surface area (Å²) in [6, 6.07) is 14.2. The van der Waals surface area contributed by atoms with Crippen LogP contribution in [0.5, 0.6) is 11.5 Å². The summed E-state index contributed by atoms with van der Waals surface area (Å²) in [4.78, 5) is 5.94. The van der Waals surface area contributed by atoms with E-state index in [1.54, 1.807) is 26.0 Å². The molecule has 0 saturated carbocycles. The minimum Gasteiger partial charge on any atom is -0.497 e. The standard InChI is InChI=1S/C20H25N3O2S2/c1-24-15-8-9-18(25-2)16(14-15)21-20(26)23-12-10-22(11-13-23)17-6-4-5-7-19(17)27-3/h4-9,14H,10-13H2,1-3H3,(H,21,26). The molecule has 1 saturated heterocycles. The van der Waals surface area contributed by atoms with Crippen LogP contribution in [0.1, 0.15) is 0 Å². The molecule has 0 aliphatic carbocycles. The molecule has 1 aliphatic rings. The maximum absolute atomic E-state index is 5.64. The minimum atomic E-state index is 0.708. The van der Waals surface area contributed by atoms with Gasteiger partial charge in [0.25, 0.3) is 0 Å². The van der Waals surface area contributed by atoms with Crippen LogP contribution in [-0.2, 0) is 0 Å². The zero-order valence-electron chi connectivity index (χ0n) is 15.9. The monoisotopic (exact) mass is 403 g/mol. The highest BCUT2D eigenvalue weighted by Gasteiger charge is 2.21. The van der Waals surface area contributed by atoms with Crippen LogP contribution in [0.15, 0.2) is 47.4 Å². The first-order valence-electron chi connectivity index (χ1n) is 8.82. The van der Waals surface area contributed by atoms with Crippen LogP contribution >= 0.6 is 24.0 Å². The van der Waals surface area contributed by atoms with Crippen molar-refractivity contribution in [3.63, 3.8) is 0 Å². The molecule has 0 bridgehead atoms. The number of piperazine rings is 1. The lowest BCUT2D eigenvalue weighted by atomic mass is 10.2. The Labute approximate surface area is 170 Å². The number of thiocarbonyl (C=S) groups is 1. The fraction of sp³-hybridized carbons (Fsp3) is 0.350. The smallest absolute Gasteiger partial charge is 0.173 e. The summed E-state index contributed by atoms with van der Waals surface area (Å²) in [5.74, 6) is 1.50. The van der Waals surface area contributed by atoms with E-state index in [-0.39, 0.29) is 0 Å². The van der Waals surface area contributed by atoms with Crippen molar-refractivity contribution >= 4 is 40.5 Å². The molecular weight excluding hydrogens is 378 g/mol. The van der Waals surface area contributed by atoms with Gasteiger partial charge in [0.05, 0.1) is 25.6 Å². The molecule has 3 rings (SSSR count). The van der Waals surface area contributed by atoms with E-state index in [1.165, 1.54) is 10.6 Å². The molecule has 1 N–H and O–H groups in total. The molecule has 144 valence electrons. The molecule has 0 aromatic heterocycles. The van der Waals surface area contributed by atoms with Crippen LogP contribution in [0.25, 0.3) is 0 Å². The topological polar surface area (TPSA) is 37.0 Å². The number of hydrogen-bond donors (Lipinski definition) is 1. The summed E-state index contributed by atoms with van der Waals surface area (Å²) in [5, 5.41) is 4.02. The van der Waals surface area contributed by atoms with E-state index in [1.807, 2.05) is 18.2 Å². The highest BCUT2D eigenvalue weighted by Crippen LogP contribution is 2.30. The van der Waals surface area contributed by atoms with Crippen LogP contribution in [0.2, 0.25) is 0 Å². The van der Waals surface area contributed by atoms with Gasteiger partial charge < -0.3 is 24.6 Å². The van der Waals surface area contributed by atoms with E-state index in [0.29, 0.717) is 5.11 Å². The molecule has 1 fully saturated rings. The average molecular weight is 404 g/mol. The Morgan fingerprint density at radius 3 is 2.44 bits per heavy atom. The molecule has 0 atom stereocenters. The number of methoxy groups -OCH3 is 2. The number of anilines is 2. The summed E-state index contributed by atoms with van der Waals surface area (Å²) in [6.45, 7) is 3.63. The van der Waals surface area contributed by atoms with Gasteiger partial charge in [-0.25, -0.2) is 0 Å². The number of rotatable bonds is 5. The maximum atomic E-state index is 5.64. The zero-order valence-corrected chi connectivity index (χ0v) is 17.5. The molecule has 0 radical (unpaired) electrons. The molecule has 0 spiro atoms. The van der Waals surface area contributed by atoms with Crippen molar-refractivity contribution in [3.8, 4) is 11.5 Å². The summed E-state index contributed by atoms with van der Waals surface area (Å²) < 4.78 is 10.7. The van der Waals surface area contributed by atoms with Crippen LogP contribution < -0.4 is 19.7 Å². The maximum Gasteiger partial charge on any atom is 0.173 e. The van der Waals surface area contributed by atoms with Gasteiger partial charge in [0.2, 0.25) is 0 Å². The molecular formula is C20H25N3O2S2. The van der Waals surface area contributed by atoms with E-state index in [2.05, 4.69) is 45.6 Å². The van der Waals surface area contributed by atoms with Crippen LogP contribution in [0, 0.1) is 0 Å². The molecule has 7 heteroatoms. The van der Waals surface area contributed by atoms with E-state index in [0.717, 1.165) is 43.4 Å². The zero-order chi connectivity index (χ0) is 19.2. The van der Waals surface area contributed by atoms with Crippen molar-refractivity contribution in [2.75, 3.05) is 56.9 Å². The normalized spacial score (nSPS) is 14.0. The van der Waals surface area contributed by atoms with Gasteiger partial charge >= 0.3 is 0 Å². The van der Waals surface area contributed by atoms with Gasteiger partial charge in [0.15, 0.2) is 5.11 Å². The van der Waals surface area contributed by atoms with Crippen molar-refractivity contribution in [2.45, 2.75) is 4.90 Å². The summed E-state index contributed by atoms with van der Waals surface area (Å²) in [6.07, 6.45) is 2.12. The summed E-state index contributed by atoms with van der Waals surface area (Å²) in [5.41, 5.74) is 2.12. The fourth-order valence-electron chi connectivity index (χ4n) is 3.15. The summed E-state index contributed by atoms with van der Waals surface area (Å²) in [7, 11) is 3.30. The van der Waals surface area contributed by atoms with Crippen molar-refractivity contribution < 1.29 is 9.47 Å².